The van der Waals surface area contributed by atoms with Crippen molar-refractivity contribution in [2.24, 2.45) is 0 Å². The van der Waals surface area contributed by atoms with Gasteiger partial charge >= 0.3 is 30.2 Å². The largest absolute Gasteiger partial charge is 0.173 e. The molecule has 4 aromatic carbocycles. The van der Waals surface area contributed by atoms with Gasteiger partial charge in [0, 0.05) is 0 Å². The minimum Gasteiger partial charge on any atom is -0.173 e. The third-order valence-electron chi connectivity index (χ3n) is 6.64. The van der Waals surface area contributed by atoms with E-state index in [1.54, 1.807) is 45.6 Å². The van der Waals surface area contributed by atoms with Crippen LogP contribution in [0.3, 0.4) is 0 Å². The van der Waals surface area contributed by atoms with Gasteiger partial charge in [0.1, 0.15) is 0 Å². The first-order valence-electron chi connectivity index (χ1n) is 11.9. The van der Waals surface area contributed by atoms with Crippen molar-refractivity contribution in [2.75, 3.05) is 0 Å². The Hall–Kier alpha value is -1.18. The first-order chi connectivity index (χ1) is 15.9. The van der Waals surface area contributed by atoms with Crippen molar-refractivity contribution >= 4 is 31.7 Å². The number of fused-ring (bicyclic) bond motifs is 2. The minimum absolute atomic E-state index is 0. The van der Waals surface area contributed by atoms with Crippen molar-refractivity contribution in [2.45, 2.75) is 51.4 Å². The van der Waals surface area contributed by atoms with E-state index in [-0.39, 0.29) is 39.7 Å². The van der Waals surface area contributed by atoms with Crippen LogP contribution in [0.5, 0.6) is 0 Å². The first kappa shape index (κ1) is 34.8. The average molecular weight is 615 g/mol. The number of hydrogen-bond donors (Lipinski definition) is 0. The Morgan fingerprint density at radius 3 is 1.19 bits per heavy atom. The number of halogens is 2. The predicted molar refractivity (Wildman–Crippen MR) is 164 cm³/mol. The number of benzene rings is 2. The summed E-state index contributed by atoms with van der Waals surface area (Å²) in [6.07, 6.45) is 10.6. The van der Waals surface area contributed by atoms with Gasteiger partial charge in [-0.25, -0.2) is 0 Å². The Morgan fingerprint density at radius 1 is 0.528 bits per heavy atom. The Kier molecular flexibility index (Phi) is 17.5. The van der Waals surface area contributed by atoms with Gasteiger partial charge < -0.3 is 14.9 Å². The van der Waals surface area contributed by atoms with Gasteiger partial charge in [0.05, 0.1) is 0 Å². The summed E-state index contributed by atoms with van der Waals surface area (Å²) in [6, 6.07) is 30.9. The Bertz CT molecular complexity index is 979. The van der Waals surface area contributed by atoms with Crippen LogP contribution >= 0.6 is 24.8 Å². The summed E-state index contributed by atoms with van der Waals surface area (Å²) in [7, 11) is 0. The molecule has 0 radical (unpaired) electrons. The van der Waals surface area contributed by atoms with Crippen LogP contribution in [0.1, 0.15) is 47.9 Å². The Labute approximate surface area is 249 Å². The van der Waals surface area contributed by atoms with E-state index >= 15 is 0 Å². The van der Waals surface area contributed by atoms with Crippen molar-refractivity contribution in [3.8, 4) is 22.3 Å². The molecular formula is C32H40Cl2SiZr-4. The quantitative estimate of drug-likeness (QED) is 0.157. The summed E-state index contributed by atoms with van der Waals surface area (Å²) in [5.74, 6) is 0. The molecule has 4 heteroatoms. The number of rotatable bonds is 2. The SMILES string of the molecule is Cl.Cl.[CH3-].[CH3-].[SiH2]=[Zr].c1ccc(-c2cc3c([cH-]2)CCCC3)cc1.c1ccc(-c2cc3c([cH-]2)CCCC3)cc1. The van der Waals surface area contributed by atoms with Crippen molar-refractivity contribution in [3.05, 3.63) is 122 Å². The van der Waals surface area contributed by atoms with Crippen LogP contribution in [0.2, 0.25) is 0 Å². The molecule has 0 bridgehead atoms. The van der Waals surface area contributed by atoms with Crippen LogP contribution in [0.4, 0.5) is 0 Å². The summed E-state index contributed by atoms with van der Waals surface area (Å²) in [5, 5.41) is 0. The van der Waals surface area contributed by atoms with Crippen molar-refractivity contribution in [1.82, 2.24) is 0 Å². The maximum atomic E-state index is 2.38. The third kappa shape index (κ3) is 8.98. The molecule has 6 rings (SSSR count). The van der Waals surface area contributed by atoms with Gasteiger partial charge in [-0.05, 0) is 12.8 Å². The number of aryl methyl sites for hydroxylation is 4. The Balaban J connectivity index is 0.000000577. The molecule has 0 saturated carbocycles. The van der Waals surface area contributed by atoms with E-state index in [2.05, 4.69) is 84.9 Å². The molecule has 0 fully saturated rings. The zero-order chi connectivity index (χ0) is 22.2. The fourth-order valence-corrected chi connectivity index (χ4v) is 4.99. The summed E-state index contributed by atoms with van der Waals surface area (Å²) in [4.78, 5) is 0. The van der Waals surface area contributed by atoms with Crippen LogP contribution < -0.4 is 0 Å². The molecule has 0 unspecified atom stereocenters. The molecule has 0 amide bonds. The molecule has 0 saturated heterocycles. The molecule has 4 aromatic rings. The van der Waals surface area contributed by atoms with Gasteiger partial charge in [-0.1, -0.05) is 99.2 Å². The van der Waals surface area contributed by atoms with Gasteiger partial charge in [0.15, 0.2) is 0 Å². The second-order valence-electron chi connectivity index (χ2n) is 8.74. The van der Waals surface area contributed by atoms with E-state index in [0.717, 1.165) is 0 Å². The summed E-state index contributed by atoms with van der Waals surface area (Å²) < 4.78 is 0. The van der Waals surface area contributed by atoms with Crippen LogP contribution in [0.25, 0.3) is 22.3 Å². The van der Waals surface area contributed by atoms with Crippen LogP contribution in [0.15, 0.2) is 84.9 Å². The molecule has 0 aromatic heterocycles. The molecule has 0 atom stereocenters. The van der Waals surface area contributed by atoms with Crippen LogP contribution in [0, 0.1) is 14.9 Å². The van der Waals surface area contributed by atoms with E-state index in [1.165, 1.54) is 73.6 Å². The summed E-state index contributed by atoms with van der Waals surface area (Å²) in [6.45, 7) is 1.95. The summed E-state index contributed by atoms with van der Waals surface area (Å²) in [5.41, 5.74) is 11.9. The van der Waals surface area contributed by atoms with E-state index in [1.807, 2.05) is 6.88 Å². The van der Waals surface area contributed by atoms with E-state index in [4.69, 9.17) is 0 Å². The molecule has 0 nitrogen and oxygen atoms in total. The molecule has 0 N–H and O–H groups in total. The molecule has 194 valence electrons. The fraction of sp³-hybridized carbons (Fsp3) is 0.250. The van der Waals surface area contributed by atoms with Gasteiger partial charge in [0.2, 0.25) is 0 Å². The molecule has 0 heterocycles. The normalized spacial score (nSPS) is 12.5. The monoisotopic (exact) mass is 612 g/mol. The minimum atomic E-state index is 0. The first-order valence-corrected chi connectivity index (χ1v) is 17.8. The zero-order valence-electron chi connectivity index (χ0n) is 21.8. The molecule has 0 spiro atoms. The van der Waals surface area contributed by atoms with Gasteiger partial charge in [-0.15, -0.1) is 70.3 Å². The molecule has 2 aliphatic carbocycles. The molecule has 0 aliphatic heterocycles. The summed E-state index contributed by atoms with van der Waals surface area (Å²) >= 11 is 1.58. The van der Waals surface area contributed by atoms with E-state index in [9.17, 15) is 0 Å². The second kappa shape index (κ2) is 18.1. The molecular weight excluding hydrogens is 575 g/mol. The number of hydrogen-bond acceptors (Lipinski definition) is 0. The maximum Gasteiger partial charge on any atom is -0.0456 e. The Morgan fingerprint density at radius 2 is 0.861 bits per heavy atom. The van der Waals surface area contributed by atoms with Crippen molar-refractivity contribution in [1.29, 1.82) is 0 Å². The van der Waals surface area contributed by atoms with Crippen molar-refractivity contribution < 1.29 is 23.3 Å². The van der Waals surface area contributed by atoms with Gasteiger partial charge in [-0.3, -0.25) is 0 Å². The molecule has 2 aliphatic rings. The fourth-order valence-electron chi connectivity index (χ4n) is 4.99. The predicted octanol–water partition coefficient (Wildman–Crippen LogP) is 8.73. The van der Waals surface area contributed by atoms with Gasteiger partial charge in [-0.2, -0.15) is 23.3 Å². The standard InChI is InChI=1S/2C15H15.2CH3.2ClH.H2Si.Zr/c2*1-2-6-12(7-3-1)15-10-13-8-4-5-9-14(13)11-15;;;;;;/h2*1-3,6-7,10-11H,4-5,8-9H2;2*1H3;2*1H;1H2;/q4*-1;;;;. The van der Waals surface area contributed by atoms with Gasteiger partial charge in [0.25, 0.3) is 0 Å². The van der Waals surface area contributed by atoms with E-state index in [0.29, 0.717) is 0 Å². The van der Waals surface area contributed by atoms with Crippen LogP contribution in [-0.4, -0.2) is 6.88 Å². The smallest absolute Gasteiger partial charge is 0.0456 e. The van der Waals surface area contributed by atoms with Crippen molar-refractivity contribution in [3.63, 3.8) is 0 Å². The average Bonchev–Trinajstić information content (AvgIpc) is 3.51. The zero-order valence-corrected chi connectivity index (χ0v) is 27.3. The second-order valence-corrected chi connectivity index (χ2v) is 8.74. The topological polar surface area (TPSA) is 0 Å². The third-order valence-corrected chi connectivity index (χ3v) is 6.64. The molecule has 36 heavy (non-hydrogen) atoms. The maximum absolute atomic E-state index is 2.38. The van der Waals surface area contributed by atoms with Crippen LogP contribution in [-0.2, 0) is 49.0 Å². The van der Waals surface area contributed by atoms with E-state index < -0.39 is 0 Å².